The minimum Gasteiger partial charge on any atom is -0.466 e. The van der Waals surface area contributed by atoms with Gasteiger partial charge < -0.3 is 19.3 Å². The smallest absolute Gasteiger partial charge is 0.312 e. The summed E-state index contributed by atoms with van der Waals surface area (Å²) in [5.74, 6) is 0.209. The Bertz CT molecular complexity index is 453. The fourth-order valence-corrected chi connectivity index (χ4v) is 4.39. The SMILES string of the molecule is CCCN1CCC(C(=O)OCC)CC1.CCOC(=O)C12CCN(CC1)CC2. The Labute approximate surface area is 164 Å². The van der Waals surface area contributed by atoms with E-state index in [2.05, 4.69) is 16.7 Å². The maximum Gasteiger partial charge on any atom is 0.312 e. The first-order valence-electron chi connectivity index (χ1n) is 10.8. The van der Waals surface area contributed by atoms with E-state index in [9.17, 15) is 9.59 Å². The number of hydrogen-bond donors (Lipinski definition) is 0. The van der Waals surface area contributed by atoms with Crippen LogP contribution < -0.4 is 0 Å². The van der Waals surface area contributed by atoms with Gasteiger partial charge in [0.1, 0.15) is 0 Å². The molecule has 27 heavy (non-hydrogen) atoms. The van der Waals surface area contributed by atoms with E-state index in [1.54, 1.807) is 0 Å². The first kappa shape index (κ1) is 22.2. The van der Waals surface area contributed by atoms with Gasteiger partial charge >= 0.3 is 11.9 Å². The Balaban J connectivity index is 0.000000194. The number of ether oxygens (including phenoxy) is 2. The second-order valence-corrected chi connectivity index (χ2v) is 7.96. The highest BCUT2D eigenvalue weighted by molar-refractivity contribution is 5.77. The summed E-state index contributed by atoms with van der Waals surface area (Å²) in [4.78, 5) is 28.0. The van der Waals surface area contributed by atoms with E-state index in [4.69, 9.17) is 9.47 Å². The van der Waals surface area contributed by atoms with E-state index in [0.717, 1.165) is 71.4 Å². The average molecular weight is 383 g/mol. The predicted molar refractivity (Wildman–Crippen MR) is 105 cm³/mol. The average Bonchev–Trinajstić information content (AvgIpc) is 2.71. The topological polar surface area (TPSA) is 59.1 Å². The number of esters is 2. The molecule has 0 saturated carbocycles. The normalized spacial score (nSPS) is 28.2. The van der Waals surface area contributed by atoms with Gasteiger partial charge in [0.2, 0.25) is 0 Å². The van der Waals surface area contributed by atoms with Crippen LogP contribution in [-0.2, 0) is 19.1 Å². The lowest BCUT2D eigenvalue weighted by atomic mass is 9.72. The van der Waals surface area contributed by atoms with Crippen LogP contribution in [0.2, 0.25) is 0 Å². The summed E-state index contributed by atoms with van der Waals surface area (Å²) in [7, 11) is 0. The lowest BCUT2D eigenvalue weighted by molar-refractivity contribution is -0.163. The molecule has 4 aliphatic heterocycles. The minimum atomic E-state index is -0.106. The highest BCUT2D eigenvalue weighted by Gasteiger charge is 2.46. The van der Waals surface area contributed by atoms with Crippen molar-refractivity contribution in [3.63, 3.8) is 0 Å². The summed E-state index contributed by atoms with van der Waals surface area (Å²) in [5, 5.41) is 0. The monoisotopic (exact) mass is 382 g/mol. The third-order valence-electron chi connectivity index (χ3n) is 6.18. The van der Waals surface area contributed by atoms with E-state index < -0.39 is 0 Å². The summed E-state index contributed by atoms with van der Waals surface area (Å²) in [6.45, 7) is 13.5. The lowest BCUT2D eigenvalue weighted by Crippen LogP contribution is -2.52. The number of likely N-dealkylation sites (tertiary alicyclic amines) is 1. The largest absolute Gasteiger partial charge is 0.466 e. The predicted octanol–water partition coefficient (Wildman–Crippen LogP) is 2.71. The van der Waals surface area contributed by atoms with Crippen molar-refractivity contribution in [3.05, 3.63) is 0 Å². The van der Waals surface area contributed by atoms with Gasteiger partial charge in [0.15, 0.2) is 0 Å². The first-order valence-corrected chi connectivity index (χ1v) is 10.8. The highest BCUT2D eigenvalue weighted by atomic mass is 16.5. The van der Waals surface area contributed by atoms with E-state index in [1.165, 1.54) is 6.42 Å². The molecule has 4 saturated heterocycles. The third-order valence-corrected chi connectivity index (χ3v) is 6.18. The van der Waals surface area contributed by atoms with E-state index in [0.29, 0.717) is 13.2 Å². The van der Waals surface area contributed by atoms with Crippen LogP contribution in [0.1, 0.15) is 59.3 Å². The molecule has 6 nitrogen and oxygen atoms in total. The van der Waals surface area contributed by atoms with Crippen molar-refractivity contribution < 1.29 is 19.1 Å². The maximum atomic E-state index is 11.7. The van der Waals surface area contributed by atoms with Crippen molar-refractivity contribution in [2.75, 3.05) is 52.5 Å². The molecular formula is C21H38N2O4. The van der Waals surface area contributed by atoms with Gasteiger partial charge in [0.25, 0.3) is 0 Å². The quantitative estimate of drug-likeness (QED) is 0.659. The molecule has 0 unspecified atom stereocenters. The fraction of sp³-hybridized carbons (Fsp3) is 0.905. The lowest BCUT2D eigenvalue weighted by Gasteiger charge is -2.46. The summed E-state index contributed by atoms with van der Waals surface area (Å²) < 4.78 is 10.2. The summed E-state index contributed by atoms with van der Waals surface area (Å²) in [5.41, 5.74) is -0.106. The standard InChI is InChI=1S/C11H21NO2.C10H17NO2/c1-3-7-12-8-5-10(6-9-12)11(13)14-4-2;1-2-13-9(12)10-3-6-11(7-4-10)8-5-10/h10H,3-9H2,1-2H3;2-8H2,1H3. The molecule has 4 heterocycles. The van der Waals surface area contributed by atoms with Gasteiger partial charge in [0, 0.05) is 0 Å². The van der Waals surface area contributed by atoms with Crippen LogP contribution >= 0.6 is 0 Å². The molecule has 0 spiro atoms. The molecule has 0 radical (unpaired) electrons. The maximum absolute atomic E-state index is 11.7. The molecule has 4 rings (SSSR count). The molecule has 4 aliphatic rings. The van der Waals surface area contributed by atoms with Crippen LogP contribution in [0.5, 0.6) is 0 Å². The van der Waals surface area contributed by atoms with Gasteiger partial charge in [0.05, 0.1) is 24.5 Å². The number of carbonyl (C=O) groups excluding carboxylic acids is 2. The second-order valence-electron chi connectivity index (χ2n) is 7.96. The zero-order valence-electron chi connectivity index (χ0n) is 17.5. The van der Waals surface area contributed by atoms with Crippen LogP contribution in [0.3, 0.4) is 0 Å². The summed E-state index contributed by atoms with van der Waals surface area (Å²) in [6, 6.07) is 0. The van der Waals surface area contributed by atoms with Gasteiger partial charge in [-0.2, -0.15) is 0 Å². The molecule has 0 aromatic heterocycles. The number of nitrogens with zero attached hydrogens (tertiary/aromatic N) is 2. The van der Waals surface area contributed by atoms with E-state index in [1.807, 2.05) is 13.8 Å². The molecule has 0 atom stereocenters. The Morgan fingerprint density at radius 1 is 0.889 bits per heavy atom. The van der Waals surface area contributed by atoms with E-state index >= 15 is 0 Å². The van der Waals surface area contributed by atoms with Gasteiger partial charge in [-0.1, -0.05) is 6.92 Å². The van der Waals surface area contributed by atoms with Crippen molar-refractivity contribution in [3.8, 4) is 0 Å². The first-order chi connectivity index (χ1) is 13.0. The third kappa shape index (κ3) is 6.18. The molecule has 6 heteroatoms. The molecule has 0 aliphatic carbocycles. The zero-order valence-corrected chi connectivity index (χ0v) is 17.5. The Morgan fingerprint density at radius 3 is 1.93 bits per heavy atom. The van der Waals surface area contributed by atoms with Crippen LogP contribution in [0.4, 0.5) is 0 Å². The number of rotatable bonds is 6. The molecule has 0 amide bonds. The number of hydrogen-bond acceptors (Lipinski definition) is 6. The number of fused-ring (bicyclic) bond motifs is 3. The molecule has 0 aromatic carbocycles. The summed E-state index contributed by atoms with van der Waals surface area (Å²) >= 11 is 0. The zero-order chi connectivity index (χ0) is 19.7. The Hall–Kier alpha value is -1.14. The molecule has 156 valence electrons. The van der Waals surface area contributed by atoms with Gasteiger partial charge in [-0.05, 0) is 91.6 Å². The molecule has 0 N–H and O–H groups in total. The van der Waals surface area contributed by atoms with Crippen LogP contribution in [0.15, 0.2) is 0 Å². The van der Waals surface area contributed by atoms with Crippen molar-refractivity contribution in [2.45, 2.75) is 59.3 Å². The van der Waals surface area contributed by atoms with Crippen LogP contribution in [-0.4, -0.2) is 74.2 Å². The van der Waals surface area contributed by atoms with Crippen molar-refractivity contribution in [1.82, 2.24) is 9.80 Å². The molecule has 2 bridgehead atoms. The number of carbonyl (C=O) groups is 2. The van der Waals surface area contributed by atoms with Crippen molar-refractivity contribution in [2.24, 2.45) is 11.3 Å². The van der Waals surface area contributed by atoms with Crippen molar-refractivity contribution >= 4 is 11.9 Å². The summed E-state index contributed by atoms with van der Waals surface area (Å²) in [6.07, 6.45) is 6.16. The van der Waals surface area contributed by atoms with Crippen molar-refractivity contribution in [1.29, 1.82) is 0 Å². The van der Waals surface area contributed by atoms with Gasteiger partial charge in [-0.25, -0.2) is 0 Å². The molecule has 0 aromatic rings. The van der Waals surface area contributed by atoms with Gasteiger partial charge in [-0.3, -0.25) is 9.59 Å². The van der Waals surface area contributed by atoms with Gasteiger partial charge in [-0.15, -0.1) is 0 Å². The highest BCUT2D eigenvalue weighted by Crippen LogP contribution is 2.40. The van der Waals surface area contributed by atoms with E-state index in [-0.39, 0.29) is 23.3 Å². The van der Waals surface area contributed by atoms with Crippen LogP contribution in [0, 0.1) is 11.3 Å². The van der Waals surface area contributed by atoms with Crippen LogP contribution in [0.25, 0.3) is 0 Å². The Kier molecular flexibility index (Phi) is 9.03. The molecular weight excluding hydrogens is 344 g/mol. The second kappa shape index (κ2) is 11.0. The Morgan fingerprint density at radius 2 is 1.44 bits per heavy atom. The minimum absolute atomic E-state index is 0.00338. The fourth-order valence-electron chi connectivity index (χ4n) is 4.39. The molecule has 4 fully saturated rings. The number of piperidine rings is 4.